The second-order valence-electron chi connectivity index (χ2n) is 5.40. The van der Waals surface area contributed by atoms with Crippen molar-refractivity contribution in [2.75, 3.05) is 13.6 Å². The first-order valence-electron chi connectivity index (χ1n) is 7.28. The molecule has 0 saturated carbocycles. The lowest BCUT2D eigenvalue weighted by atomic mass is 10.2. The second-order valence-corrected chi connectivity index (χ2v) is 7.41. The molecule has 4 nitrogen and oxygen atoms in total. The van der Waals surface area contributed by atoms with Gasteiger partial charge in [0.25, 0.3) is 0 Å². The van der Waals surface area contributed by atoms with E-state index < -0.39 is 10.0 Å². The number of sulfonamides is 1. The molecule has 21 heavy (non-hydrogen) atoms. The van der Waals surface area contributed by atoms with Crippen molar-refractivity contribution in [2.24, 2.45) is 0 Å². The van der Waals surface area contributed by atoms with Gasteiger partial charge in [0.1, 0.15) is 0 Å². The summed E-state index contributed by atoms with van der Waals surface area (Å²) in [7, 11) is -1.81. The maximum atomic E-state index is 12.7. The van der Waals surface area contributed by atoms with Gasteiger partial charge >= 0.3 is 0 Å². The van der Waals surface area contributed by atoms with Gasteiger partial charge in [0.15, 0.2) is 0 Å². The Morgan fingerprint density at radius 1 is 1.33 bits per heavy atom. The number of hydrogen-bond donors (Lipinski definition) is 1. The molecule has 0 heterocycles. The summed E-state index contributed by atoms with van der Waals surface area (Å²) in [6, 6.07) is 7.49. The van der Waals surface area contributed by atoms with Crippen molar-refractivity contribution in [1.82, 2.24) is 9.62 Å². The highest BCUT2D eigenvalue weighted by atomic mass is 32.2. The van der Waals surface area contributed by atoms with Gasteiger partial charge in [0, 0.05) is 26.2 Å². The topological polar surface area (TPSA) is 49.4 Å². The van der Waals surface area contributed by atoms with E-state index in [1.54, 1.807) is 25.3 Å². The molecule has 0 radical (unpaired) electrons. The summed E-state index contributed by atoms with van der Waals surface area (Å²) in [5.41, 5.74) is 0.807. The molecule has 0 aliphatic heterocycles. The highest BCUT2D eigenvalue weighted by molar-refractivity contribution is 7.89. The van der Waals surface area contributed by atoms with Gasteiger partial charge in [-0.25, -0.2) is 12.7 Å². The molecule has 1 N–H and O–H groups in total. The highest BCUT2D eigenvalue weighted by Crippen LogP contribution is 2.19. The van der Waals surface area contributed by atoms with Crippen LogP contribution in [0.1, 0.15) is 32.3 Å². The second kappa shape index (κ2) is 8.32. The van der Waals surface area contributed by atoms with Gasteiger partial charge in [-0.2, -0.15) is 0 Å². The van der Waals surface area contributed by atoms with Crippen LogP contribution in [-0.4, -0.2) is 32.4 Å². The molecule has 0 aromatic heterocycles. The maximum absolute atomic E-state index is 12.7. The van der Waals surface area contributed by atoms with Gasteiger partial charge < -0.3 is 5.32 Å². The quantitative estimate of drug-likeness (QED) is 0.563. The van der Waals surface area contributed by atoms with E-state index in [9.17, 15) is 8.42 Å². The van der Waals surface area contributed by atoms with Gasteiger partial charge in [-0.3, -0.25) is 0 Å². The number of nitrogens with one attached hydrogen (secondary N) is 1. The van der Waals surface area contributed by atoms with Crippen molar-refractivity contribution in [3.8, 4) is 0 Å². The smallest absolute Gasteiger partial charge is 0.243 e. The Morgan fingerprint density at radius 2 is 2.00 bits per heavy atom. The van der Waals surface area contributed by atoms with Crippen molar-refractivity contribution in [3.05, 3.63) is 42.5 Å². The van der Waals surface area contributed by atoms with E-state index in [1.165, 1.54) is 4.31 Å². The third-order valence-corrected chi connectivity index (χ3v) is 5.20. The molecule has 118 valence electrons. The molecule has 0 atom stereocenters. The lowest BCUT2D eigenvalue weighted by Crippen LogP contribution is -2.30. The van der Waals surface area contributed by atoms with Crippen LogP contribution in [0.5, 0.6) is 0 Å². The minimum atomic E-state index is -3.44. The van der Waals surface area contributed by atoms with E-state index >= 15 is 0 Å². The van der Waals surface area contributed by atoms with E-state index in [4.69, 9.17) is 0 Å². The molecule has 5 heteroatoms. The van der Waals surface area contributed by atoms with E-state index in [0.717, 1.165) is 18.4 Å². The number of unbranched alkanes of at least 4 members (excludes halogenated alkanes) is 1. The Bertz CT molecular complexity index is 553. The van der Waals surface area contributed by atoms with E-state index in [2.05, 4.69) is 11.9 Å². The molecule has 0 saturated heterocycles. The van der Waals surface area contributed by atoms with Crippen molar-refractivity contribution in [2.45, 2.75) is 44.2 Å². The van der Waals surface area contributed by atoms with Crippen LogP contribution in [0.15, 0.2) is 41.8 Å². The fourth-order valence-corrected chi connectivity index (χ4v) is 3.39. The molecule has 0 aliphatic rings. The van der Waals surface area contributed by atoms with E-state index in [-0.39, 0.29) is 0 Å². The van der Waals surface area contributed by atoms with Crippen molar-refractivity contribution < 1.29 is 8.42 Å². The molecule has 0 bridgehead atoms. The zero-order valence-corrected chi connectivity index (χ0v) is 14.0. The summed E-state index contributed by atoms with van der Waals surface area (Å²) in [6.07, 6.45) is 3.41. The zero-order valence-electron chi connectivity index (χ0n) is 13.2. The average Bonchev–Trinajstić information content (AvgIpc) is 2.45. The number of allylic oxidation sites excluding steroid dienone is 1. The van der Waals surface area contributed by atoms with Crippen molar-refractivity contribution in [1.29, 1.82) is 0 Å². The van der Waals surface area contributed by atoms with Crippen LogP contribution in [0.25, 0.3) is 0 Å². The Balaban J connectivity index is 2.93. The Hall–Kier alpha value is -1.17. The van der Waals surface area contributed by atoms with Gasteiger partial charge in [0.2, 0.25) is 10.0 Å². The third-order valence-electron chi connectivity index (χ3n) is 3.24. The number of rotatable bonds is 9. The fourth-order valence-electron chi connectivity index (χ4n) is 1.96. The number of nitrogens with zero attached hydrogens (tertiary/aromatic N) is 1. The van der Waals surface area contributed by atoms with Gasteiger partial charge in [-0.1, -0.05) is 38.1 Å². The molecule has 0 aliphatic carbocycles. The molecule has 1 rings (SSSR count). The highest BCUT2D eigenvalue weighted by Gasteiger charge is 2.22. The minimum absolute atomic E-state index is 0.311. The van der Waals surface area contributed by atoms with Crippen LogP contribution in [0.4, 0.5) is 0 Å². The zero-order chi connectivity index (χ0) is 15.9. The predicted molar refractivity (Wildman–Crippen MR) is 87.7 cm³/mol. The maximum Gasteiger partial charge on any atom is 0.243 e. The Morgan fingerprint density at radius 3 is 2.62 bits per heavy atom. The normalized spacial score (nSPS) is 12.0. The van der Waals surface area contributed by atoms with Crippen LogP contribution in [-0.2, 0) is 16.6 Å². The van der Waals surface area contributed by atoms with Gasteiger partial charge in [-0.15, -0.1) is 6.58 Å². The molecular weight excluding hydrogens is 284 g/mol. The lowest BCUT2D eigenvalue weighted by Gasteiger charge is -2.19. The standard InChI is InChI=1S/C16H26N2O2S/c1-5-6-9-12-18(4)21(19,20)16-11-8-7-10-15(16)13-17-14(2)3/h5,7-8,10-11,14,17H,1,6,9,12-13H2,2-4H3. The van der Waals surface area contributed by atoms with Crippen molar-refractivity contribution in [3.63, 3.8) is 0 Å². The fraction of sp³-hybridized carbons (Fsp3) is 0.500. The first-order valence-corrected chi connectivity index (χ1v) is 8.72. The van der Waals surface area contributed by atoms with Crippen LogP contribution in [0.3, 0.4) is 0 Å². The molecule has 1 aromatic carbocycles. The van der Waals surface area contributed by atoms with Gasteiger partial charge in [-0.05, 0) is 24.5 Å². The summed E-state index contributed by atoms with van der Waals surface area (Å²) in [5.74, 6) is 0. The molecule has 0 unspecified atom stereocenters. The van der Waals surface area contributed by atoms with Crippen LogP contribution in [0.2, 0.25) is 0 Å². The number of hydrogen-bond acceptors (Lipinski definition) is 3. The first-order chi connectivity index (χ1) is 9.89. The molecule has 0 spiro atoms. The molecular formula is C16H26N2O2S. The van der Waals surface area contributed by atoms with Gasteiger partial charge in [0.05, 0.1) is 4.90 Å². The summed E-state index contributed by atoms with van der Waals surface area (Å²) < 4.78 is 26.7. The van der Waals surface area contributed by atoms with Crippen LogP contribution >= 0.6 is 0 Å². The van der Waals surface area contributed by atoms with Crippen molar-refractivity contribution >= 4 is 10.0 Å². The summed E-state index contributed by atoms with van der Waals surface area (Å²) in [5, 5.41) is 3.27. The monoisotopic (exact) mass is 310 g/mol. The minimum Gasteiger partial charge on any atom is -0.310 e. The molecule has 0 amide bonds. The largest absolute Gasteiger partial charge is 0.310 e. The third kappa shape index (κ3) is 5.26. The molecule has 0 fully saturated rings. The summed E-state index contributed by atoms with van der Waals surface area (Å²) in [4.78, 5) is 0.388. The summed E-state index contributed by atoms with van der Waals surface area (Å²) >= 11 is 0. The predicted octanol–water partition coefficient (Wildman–Crippen LogP) is 2.77. The summed E-state index contributed by atoms with van der Waals surface area (Å²) in [6.45, 7) is 8.79. The van der Waals surface area contributed by atoms with E-state index in [0.29, 0.717) is 24.0 Å². The molecule has 1 aromatic rings. The average molecular weight is 310 g/mol. The van der Waals surface area contributed by atoms with Crippen LogP contribution in [0, 0.1) is 0 Å². The first kappa shape index (κ1) is 17.9. The SMILES string of the molecule is C=CCCCN(C)S(=O)(=O)c1ccccc1CNC(C)C. The van der Waals surface area contributed by atoms with Crippen LogP contribution < -0.4 is 5.32 Å². The lowest BCUT2D eigenvalue weighted by molar-refractivity contribution is 0.461. The Kier molecular flexibility index (Phi) is 7.08. The Labute approximate surface area is 128 Å². The number of benzene rings is 1. The van der Waals surface area contributed by atoms with E-state index in [1.807, 2.05) is 26.0 Å².